The standard InChI is InChI=1S/C13H17BO4/c14-12-10-11(13(7-15,18-12)8-17-10)16-6-9-4-2-1-3-5-9/h1-5,10-12,15H,6-8,14H2/t10-,11+,12-,13+/m1/s1. The number of rotatable bonds is 4. The Morgan fingerprint density at radius 2 is 2.17 bits per heavy atom. The van der Waals surface area contributed by atoms with Crippen LogP contribution >= 0.6 is 0 Å². The lowest BCUT2D eigenvalue weighted by molar-refractivity contribution is -0.141. The van der Waals surface area contributed by atoms with E-state index in [1.165, 1.54) is 0 Å². The molecule has 2 bridgehead atoms. The fraction of sp³-hybridized carbons (Fsp3) is 0.538. The Morgan fingerprint density at radius 1 is 1.39 bits per heavy atom. The second-order valence-electron chi connectivity index (χ2n) is 5.04. The van der Waals surface area contributed by atoms with Crippen molar-refractivity contribution in [3.8, 4) is 0 Å². The lowest BCUT2D eigenvalue weighted by atomic mass is 9.92. The van der Waals surface area contributed by atoms with Crippen molar-refractivity contribution < 1.29 is 19.3 Å². The van der Waals surface area contributed by atoms with Crippen molar-refractivity contribution in [1.29, 1.82) is 0 Å². The second kappa shape index (κ2) is 4.66. The Hall–Kier alpha value is -0.875. The molecule has 0 radical (unpaired) electrons. The largest absolute Gasteiger partial charge is 0.393 e. The van der Waals surface area contributed by atoms with Crippen LogP contribution in [0.1, 0.15) is 5.56 Å². The van der Waals surface area contributed by atoms with Crippen molar-refractivity contribution in [3.63, 3.8) is 0 Å². The predicted octanol–water partition coefficient (Wildman–Crippen LogP) is -0.309. The molecule has 2 aliphatic rings. The average molecular weight is 248 g/mol. The zero-order chi connectivity index (χ0) is 12.6. The molecule has 4 nitrogen and oxygen atoms in total. The minimum absolute atomic E-state index is 0.0216. The summed E-state index contributed by atoms with van der Waals surface area (Å²) in [5.41, 5.74) is 0.448. The summed E-state index contributed by atoms with van der Waals surface area (Å²) in [6.45, 7) is 0.870. The van der Waals surface area contributed by atoms with Crippen molar-refractivity contribution in [2.75, 3.05) is 13.2 Å². The van der Waals surface area contributed by atoms with Crippen LogP contribution < -0.4 is 0 Å². The third kappa shape index (κ3) is 1.87. The van der Waals surface area contributed by atoms with Crippen LogP contribution in [0.3, 0.4) is 0 Å². The van der Waals surface area contributed by atoms with Gasteiger partial charge in [0, 0.05) is 0 Å². The van der Waals surface area contributed by atoms with Gasteiger partial charge in [0.05, 0.1) is 25.8 Å². The Morgan fingerprint density at radius 3 is 2.83 bits per heavy atom. The van der Waals surface area contributed by atoms with E-state index in [4.69, 9.17) is 14.2 Å². The Labute approximate surface area is 107 Å². The summed E-state index contributed by atoms with van der Waals surface area (Å²) >= 11 is 0. The molecule has 2 fully saturated rings. The van der Waals surface area contributed by atoms with Crippen molar-refractivity contribution >= 4 is 7.85 Å². The van der Waals surface area contributed by atoms with Gasteiger partial charge in [0.25, 0.3) is 0 Å². The molecule has 18 heavy (non-hydrogen) atoms. The van der Waals surface area contributed by atoms with Gasteiger partial charge < -0.3 is 19.3 Å². The molecule has 0 saturated carbocycles. The number of benzene rings is 1. The molecule has 0 spiro atoms. The zero-order valence-corrected chi connectivity index (χ0v) is 10.4. The molecule has 96 valence electrons. The van der Waals surface area contributed by atoms with Gasteiger partial charge in [-0.05, 0) is 5.56 Å². The maximum Gasteiger partial charge on any atom is 0.142 e. The molecule has 1 aromatic carbocycles. The fourth-order valence-electron chi connectivity index (χ4n) is 2.81. The number of hydrogen-bond acceptors (Lipinski definition) is 4. The predicted molar refractivity (Wildman–Crippen MR) is 68.0 cm³/mol. The molecule has 0 aliphatic carbocycles. The highest BCUT2D eigenvalue weighted by atomic mass is 16.7. The van der Waals surface area contributed by atoms with E-state index in [-0.39, 0.29) is 24.8 Å². The van der Waals surface area contributed by atoms with E-state index in [0.717, 1.165) is 5.56 Å². The number of aliphatic hydroxyl groups is 1. The molecule has 2 heterocycles. The van der Waals surface area contributed by atoms with Crippen LogP contribution in [0.2, 0.25) is 0 Å². The molecule has 3 rings (SSSR count). The summed E-state index contributed by atoms with van der Waals surface area (Å²) in [5, 5.41) is 9.54. The summed E-state index contributed by atoms with van der Waals surface area (Å²) in [6.07, 6.45) is -0.251. The highest BCUT2D eigenvalue weighted by Gasteiger charge is 2.60. The van der Waals surface area contributed by atoms with Crippen LogP contribution in [-0.2, 0) is 20.8 Å². The van der Waals surface area contributed by atoms with Crippen molar-refractivity contribution in [3.05, 3.63) is 35.9 Å². The van der Waals surface area contributed by atoms with Gasteiger partial charge in [-0.25, -0.2) is 0 Å². The van der Waals surface area contributed by atoms with Crippen molar-refractivity contribution in [1.82, 2.24) is 0 Å². The van der Waals surface area contributed by atoms with Gasteiger partial charge in [-0.3, -0.25) is 0 Å². The van der Waals surface area contributed by atoms with E-state index < -0.39 is 5.60 Å². The summed E-state index contributed by atoms with van der Waals surface area (Å²) in [4.78, 5) is 0. The molecule has 4 atom stereocenters. The van der Waals surface area contributed by atoms with Gasteiger partial charge in [-0.1, -0.05) is 30.3 Å². The SMILES string of the molecule is B[C@@H]1O[C@@]2(CO)CO[C@@H]1[C@@H]2OCc1ccccc1. The van der Waals surface area contributed by atoms with Gasteiger partial charge in [0.15, 0.2) is 0 Å². The van der Waals surface area contributed by atoms with E-state index in [2.05, 4.69) is 0 Å². The maximum absolute atomic E-state index is 9.54. The van der Waals surface area contributed by atoms with E-state index >= 15 is 0 Å². The van der Waals surface area contributed by atoms with Crippen molar-refractivity contribution in [2.24, 2.45) is 0 Å². The molecule has 2 saturated heterocycles. The number of aliphatic hydroxyl groups excluding tert-OH is 1. The normalized spacial score (nSPS) is 38.2. The third-order valence-corrected chi connectivity index (χ3v) is 3.76. The maximum atomic E-state index is 9.54. The van der Waals surface area contributed by atoms with Crippen LogP contribution in [-0.4, -0.2) is 50.0 Å². The van der Waals surface area contributed by atoms with E-state index in [9.17, 15) is 5.11 Å². The first-order valence-electron chi connectivity index (χ1n) is 6.31. The lowest BCUT2D eigenvalue weighted by Gasteiger charge is -2.28. The van der Waals surface area contributed by atoms with Crippen LogP contribution in [0.25, 0.3) is 0 Å². The quantitative estimate of drug-likeness (QED) is 0.742. The van der Waals surface area contributed by atoms with Crippen LogP contribution in [0.5, 0.6) is 0 Å². The van der Waals surface area contributed by atoms with Crippen LogP contribution in [0, 0.1) is 0 Å². The van der Waals surface area contributed by atoms with Crippen LogP contribution in [0.4, 0.5) is 0 Å². The summed E-state index contributed by atoms with van der Waals surface area (Å²) in [5.74, 6) is 0. The average Bonchev–Trinajstić information content (AvgIpc) is 2.89. The molecule has 0 amide bonds. The van der Waals surface area contributed by atoms with Crippen LogP contribution in [0.15, 0.2) is 30.3 Å². The first kappa shape index (κ1) is 12.2. The smallest absolute Gasteiger partial charge is 0.142 e. The van der Waals surface area contributed by atoms with Gasteiger partial charge in [0.2, 0.25) is 0 Å². The Bertz CT molecular complexity index is 413. The molecule has 2 aliphatic heterocycles. The van der Waals surface area contributed by atoms with E-state index in [1.54, 1.807) is 0 Å². The van der Waals surface area contributed by atoms with Gasteiger partial charge in [0.1, 0.15) is 25.7 Å². The highest BCUT2D eigenvalue weighted by molar-refractivity contribution is 6.11. The molecule has 0 unspecified atom stereocenters. The molecular weight excluding hydrogens is 231 g/mol. The first-order chi connectivity index (χ1) is 8.75. The van der Waals surface area contributed by atoms with Gasteiger partial charge >= 0.3 is 0 Å². The summed E-state index contributed by atoms with van der Waals surface area (Å²) < 4.78 is 17.4. The Kier molecular flexibility index (Phi) is 3.15. The minimum atomic E-state index is -0.668. The molecule has 0 aromatic heterocycles. The first-order valence-corrected chi connectivity index (χ1v) is 6.31. The third-order valence-electron chi connectivity index (χ3n) is 3.76. The van der Waals surface area contributed by atoms with E-state index in [1.807, 2.05) is 38.2 Å². The van der Waals surface area contributed by atoms with Gasteiger partial charge in [-0.15, -0.1) is 0 Å². The molecule has 1 aromatic rings. The topological polar surface area (TPSA) is 47.9 Å². The second-order valence-corrected chi connectivity index (χ2v) is 5.04. The fourth-order valence-corrected chi connectivity index (χ4v) is 2.81. The number of hydrogen-bond donors (Lipinski definition) is 1. The number of ether oxygens (including phenoxy) is 3. The monoisotopic (exact) mass is 248 g/mol. The highest BCUT2D eigenvalue weighted by Crippen LogP contribution is 2.40. The lowest BCUT2D eigenvalue weighted by Crippen LogP contribution is -2.45. The molecule has 1 N–H and O–H groups in total. The van der Waals surface area contributed by atoms with Gasteiger partial charge in [-0.2, -0.15) is 0 Å². The Balaban J connectivity index is 1.69. The summed E-state index contributed by atoms with van der Waals surface area (Å²) in [6, 6.07) is 9.97. The zero-order valence-electron chi connectivity index (χ0n) is 10.4. The molecule has 5 heteroatoms. The molecular formula is C13H17BO4. The minimum Gasteiger partial charge on any atom is -0.393 e. The summed E-state index contributed by atoms with van der Waals surface area (Å²) in [7, 11) is 1.96. The number of fused-ring (bicyclic) bond motifs is 2. The van der Waals surface area contributed by atoms with Crippen molar-refractivity contribution in [2.45, 2.75) is 30.4 Å². The van der Waals surface area contributed by atoms with E-state index in [0.29, 0.717) is 13.2 Å².